The highest BCUT2D eigenvalue weighted by molar-refractivity contribution is 5.66. The number of fused-ring (bicyclic) bond motifs is 1. The lowest BCUT2D eigenvalue weighted by Crippen LogP contribution is -2.22. The third-order valence-electron chi connectivity index (χ3n) is 4.67. The lowest BCUT2D eigenvalue weighted by molar-refractivity contribution is -0.137. The topological polar surface area (TPSA) is 48.5 Å². The SMILES string of the molecule is CCOc1ccc(-c2cc3c(=O)n(Cc4cccc(C(F)(F)F)c4)ccn3n2)cc1. The zero-order chi connectivity index (χ0) is 21.3. The van der Waals surface area contributed by atoms with Crippen LogP contribution in [-0.4, -0.2) is 20.8 Å². The third kappa shape index (κ3) is 3.94. The van der Waals surface area contributed by atoms with Gasteiger partial charge in [0.25, 0.3) is 5.56 Å². The molecule has 0 aliphatic rings. The van der Waals surface area contributed by atoms with Crippen molar-refractivity contribution in [2.24, 2.45) is 0 Å². The second kappa shape index (κ2) is 7.70. The molecular formula is C22H18F3N3O2. The molecule has 0 aliphatic heterocycles. The fraction of sp³-hybridized carbons (Fsp3) is 0.182. The molecule has 0 saturated carbocycles. The molecule has 0 aliphatic carbocycles. The van der Waals surface area contributed by atoms with E-state index in [1.54, 1.807) is 18.3 Å². The minimum atomic E-state index is -4.43. The van der Waals surface area contributed by atoms with Crippen molar-refractivity contribution in [3.8, 4) is 17.0 Å². The molecule has 2 aromatic heterocycles. The number of ether oxygens (including phenoxy) is 1. The van der Waals surface area contributed by atoms with E-state index in [0.29, 0.717) is 23.4 Å². The van der Waals surface area contributed by atoms with Crippen LogP contribution in [-0.2, 0) is 12.7 Å². The summed E-state index contributed by atoms with van der Waals surface area (Å²) in [5.41, 5.74) is 1.10. The van der Waals surface area contributed by atoms with E-state index in [2.05, 4.69) is 5.10 Å². The van der Waals surface area contributed by atoms with Crippen LogP contribution in [0.3, 0.4) is 0 Å². The molecule has 0 amide bonds. The van der Waals surface area contributed by atoms with Crippen molar-refractivity contribution in [2.75, 3.05) is 6.61 Å². The van der Waals surface area contributed by atoms with Gasteiger partial charge in [0.2, 0.25) is 0 Å². The first-order chi connectivity index (χ1) is 14.3. The molecule has 154 valence electrons. The molecule has 4 aromatic rings. The van der Waals surface area contributed by atoms with Gasteiger partial charge in [0.15, 0.2) is 0 Å². The Morgan fingerprint density at radius 3 is 2.50 bits per heavy atom. The van der Waals surface area contributed by atoms with Gasteiger partial charge in [-0.3, -0.25) is 4.79 Å². The average molecular weight is 413 g/mol. The average Bonchev–Trinajstić information content (AvgIpc) is 3.16. The van der Waals surface area contributed by atoms with Gasteiger partial charge in [0, 0.05) is 18.0 Å². The normalized spacial score (nSPS) is 11.7. The van der Waals surface area contributed by atoms with Crippen molar-refractivity contribution < 1.29 is 17.9 Å². The van der Waals surface area contributed by atoms with Crippen LogP contribution >= 0.6 is 0 Å². The van der Waals surface area contributed by atoms with Crippen LogP contribution in [0.15, 0.2) is 71.8 Å². The molecule has 0 fully saturated rings. The minimum absolute atomic E-state index is 0.0306. The van der Waals surface area contributed by atoms with Gasteiger partial charge in [-0.2, -0.15) is 18.3 Å². The number of rotatable bonds is 5. The molecule has 0 N–H and O–H groups in total. The lowest BCUT2D eigenvalue weighted by atomic mass is 10.1. The van der Waals surface area contributed by atoms with E-state index in [1.807, 2.05) is 31.2 Å². The molecule has 0 unspecified atom stereocenters. The van der Waals surface area contributed by atoms with Crippen molar-refractivity contribution in [3.05, 3.63) is 88.5 Å². The summed E-state index contributed by atoms with van der Waals surface area (Å²) < 4.78 is 47.1. The van der Waals surface area contributed by atoms with E-state index in [1.165, 1.54) is 21.3 Å². The van der Waals surface area contributed by atoms with Crippen LogP contribution in [0.1, 0.15) is 18.1 Å². The van der Waals surface area contributed by atoms with E-state index in [4.69, 9.17) is 4.74 Å². The largest absolute Gasteiger partial charge is 0.494 e. The summed E-state index contributed by atoms with van der Waals surface area (Å²) in [6.45, 7) is 2.50. The quantitative estimate of drug-likeness (QED) is 0.479. The van der Waals surface area contributed by atoms with Crippen LogP contribution in [0.2, 0.25) is 0 Å². The summed E-state index contributed by atoms with van der Waals surface area (Å²) in [5, 5.41) is 4.43. The van der Waals surface area contributed by atoms with Crippen molar-refractivity contribution in [1.82, 2.24) is 14.2 Å². The van der Waals surface area contributed by atoms with Crippen molar-refractivity contribution in [3.63, 3.8) is 0 Å². The Balaban J connectivity index is 1.66. The smallest absolute Gasteiger partial charge is 0.416 e. The maximum absolute atomic E-state index is 12.9. The van der Waals surface area contributed by atoms with Crippen molar-refractivity contribution >= 4 is 5.52 Å². The number of hydrogen-bond donors (Lipinski definition) is 0. The van der Waals surface area contributed by atoms with Gasteiger partial charge in [0.1, 0.15) is 11.3 Å². The zero-order valence-electron chi connectivity index (χ0n) is 16.1. The van der Waals surface area contributed by atoms with Gasteiger partial charge >= 0.3 is 6.18 Å². The van der Waals surface area contributed by atoms with Gasteiger partial charge in [-0.15, -0.1) is 0 Å². The van der Waals surface area contributed by atoms with Crippen molar-refractivity contribution in [1.29, 1.82) is 0 Å². The standard InChI is InChI=1S/C22H18F3N3O2/c1-2-30-18-8-6-16(7-9-18)19-13-20-21(29)27(10-11-28(20)26-19)14-15-4-3-5-17(12-15)22(23,24)25/h3-13H,2,14H2,1H3. The lowest BCUT2D eigenvalue weighted by Gasteiger charge is -2.10. The van der Waals surface area contributed by atoms with Crippen LogP contribution in [0.25, 0.3) is 16.8 Å². The molecule has 0 spiro atoms. The molecule has 0 saturated heterocycles. The molecule has 4 rings (SSSR count). The molecule has 0 bridgehead atoms. The maximum Gasteiger partial charge on any atom is 0.416 e. The number of nitrogens with zero attached hydrogens (tertiary/aromatic N) is 3. The highest BCUT2D eigenvalue weighted by atomic mass is 19.4. The van der Waals surface area contributed by atoms with Crippen LogP contribution in [0, 0.1) is 0 Å². The third-order valence-corrected chi connectivity index (χ3v) is 4.67. The molecule has 2 aromatic carbocycles. The second-order valence-electron chi connectivity index (χ2n) is 6.75. The summed E-state index contributed by atoms with van der Waals surface area (Å²) in [4.78, 5) is 12.9. The van der Waals surface area contributed by atoms with Crippen molar-refractivity contribution in [2.45, 2.75) is 19.6 Å². The summed E-state index contributed by atoms with van der Waals surface area (Å²) in [7, 11) is 0. The highest BCUT2D eigenvalue weighted by Crippen LogP contribution is 2.29. The Morgan fingerprint density at radius 1 is 1.03 bits per heavy atom. The molecule has 8 heteroatoms. The summed E-state index contributed by atoms with van der Waals surface area (Å²) >= 11 is 0. The Morgan fingerprint density at radius 2 is 1.80 bits per heavy atom. The molecule has 2 heterocycles. The van der Waals surface area contributed by atoms with E-state index in [0.717, 1.165) is 23.4 Å². The van der Waals surface area contributed by atoms with E-state index in [-0.39, 0.29) is 12.1 Å². The Hall–Kier alpha value is -3.55. The van der Waals surface area contributed by atoms with Crippen LogP contribution in [0.4, 0.5) is 13.2 Å². The number of alkyl halides is 3. The van der Waals surface area contributed by atoms with E-state index >= 15 is 0 Å². The predicted molar refractivity (Wildman–Crippen MR) is 107 cm³/mol. The number of benzene rings is 2. The maximum atomic E-state index is 12.9. The Kier molecular flexibility index (Phi) is 5.07. The molecule has 0 atom stereocenters. The Labute approximate surface area is 170 Å². The van der Waals surface area contributed by atoms with Gasteiger partial charge in [-0.25, -0.2) is 4.52 Å². The first-order valence-electron chi connectivity index (χ1n) is 9.33. The van der Waals surface area contributed by atoms with Gasteiger partial charge < -0.3 is 9.30 Å². The molecule has 5 nitrogen and oxygen atoms in total. The second-order valence-corrected chi connectivity index (χ2v) is 6.75. The van der Waals surface area contributed by atoms with Crippen LogP contribution in [0.5, 0.6) is 5.75 Å². The first kappa shape index (κ1) is 19.8. The van der Waals surface area contributed by atoms with Gasteiger partial charge in [-0.1, -0.05) is 12.1 Å². The number of hydrogen-bond acceptors (Lipinski definition) is 3. The fourth-order valence-electron chi connectivity index (χ4n) is 3.22. The van der Waals surface area contributed by atoms with Crippen LogP contribution < -0.4 is 10.3 Å². The molecular weight excluding hydrogens is 395 g/mol. The predicted octanol–water partition coefficient (Wildman–Crippen LogP) is 4.63. The highest BCUT2D eigenvalue weighted by Gasteiger charge is 2.30. The fourth-order valence-corrected chi connectivity index (χ4v) is 3.22. The summed E-state index contributed by atoms with van der Waals surface area (Å²) in [6.07, 6.45) is -1.30. The summed E-state index contributed by atoms with van der Waals surface area (Å²) in [5.74, 6) is 0.744. The van der Waals surface area contributed by atoms with E-state index < -0.39 is 11.7 Å². The van der Waals surface area contributed by atoms with E-state index in [9.17, 15) is 18.0 Å². The molecule has 0 radical (unpaired) electrons. The molecule has 30 heavy (non-hydrogen) atoms. The first-order valence-corrected chi connectivity index (χ1v) is 9.33. The number of aromatic nitrogens is 3. The minimum Gasteiger partial charge on any atom is -0.494 e. The van der Waals surface area contributed by atoms with Gasteiger partial charge in [-0.05, 0) is 55.0 Å². The van der Waals surface area contributed by atoms with Gasteiger partial charge in [0.05, 0.1) is 24.4 Å². The zero-order valence-corrected chi connectivity index (χ0v) is 16.1. The summed E-state index contributed by atoms with van der Waals surface area (Å²) in [6, 6.07) is 14.0. The number of halogens is 3. The Bertz CT molecular complexity index is 1240. The monoisotopic (exact) mass is 413 g/mol.